The van der Waals surface area contributed by atoms with Gasteiger partial charge in [-0.05, 0) is 42.9 Å². The maximum atomic E-state index is 12.9. The van der Waals surface area contributed by atoms with Crippen LogP contribution in [0.25, 0.3) is 0 Å². The Kier molecular flexibility index (Phi) is 4.74. The lowest BCUT2D eigenvalue weighted by atomic mass is 9.91. The number of rotatable bonds is 4. The Morgan fingerprint density at radius 1 is 0.923 bits per heavy atom. The van der Waals surface area contributed by atoms with Gasteiger partial charge in [-0.1, -0.05) is 48.5 Å². The topological polar surface area (TPSA) is 40.6 Å². The molecular formula is C22H24N2O2. The van der Waals surface area contributed by atoms with Crippen LogP contribution < -0.4 is 0 Å². The number of carbonyl (C=O) groups is 2. The molecule has 134 valence electrons. The smallest absolute Gasteiger partial charge is 0.254 e. The van der Waals surface area contributed by atoms with Crippen molar-refractivity contribution in [1.29, 1.82) is 0 Å². The van der Waals surface area contributed by atoms with Crippen molar-refractivity contribution in [2.75, 3.05) is 19.6 Å². The standard InChI is InChI=1S/C22H24N2O2/c25-21(19-10-5-2-6-11-19)24-13-7-12-20(24)22(26)23-15-18(16-23)14-17-8-3-1-4-9-17/h1-6,8-11,18,20H,7,12-16H2. The van der Waals surface area contributed by atoms with Crippen molar-refractivity contribution in [1.82, 2.24) is 9.80 Å². The fourth-order valence-electron chi connectivity index (χ4n) is 4.05. The van der Waals surface area contributed by atoms with Gasteiger partial charge in [0, 0.05) is 25.2 Å². The molecule has 2 fully saturated rings. The molecule has 2 saturated heterocycles. The fourth-order valence-corrected chi connectivity index (χ4v) is 4.05. The molecule has 2 aromatic carbocycles. The third-order valence-corrected chi connectivity index (χ3v) is 5.46. The van der Waals surface area contributed by atoms with Crippen LogP contribution in [0.15, 0.2) is 60.7 Å². The maximum absolute atomic E-state index is 12.9. The molecule has 2 amide bonds. The molecule has 0 aliphatic carbocycles. The van der Waals surface area contributed by atoms with Crippen LogP contribution in [0.2, 0.25) is 0 Å². The van der Waals surface area contributed by atoms with Gasteiger partial charge in [-0.15, -0.1) is 0 Å². The van der Waals surface area contributed by atoms with Crippen molar-refractivity contribution in [2.24, 2.45) is 5.92 Å². The molecule has 0 N–H and O–H groups in total. The zero-order chi connectivity index (χ0) is 17.9. The summed E-state index contributed by atoms with van der Waals surface area (Å²) in [5.41, 5.74) is 1.99. The molecule has 1 unspecified atom stereocenters. The monoisotopic (exact) mass is 348 g/mol. The van der Waals surface area contributed by atoms with Crippen LogP contribution in [-0.2, 0) is 11.2 Å². The second-order valence-corrected chi connectivity index (χ2v) is 7.32. The van der Waals surface area contributed by atoms with Crippen LogP contribution in [0.3, 0.4) is 0 Å². The van der Waals surface area contributed by atoms with Gasteiger partial charge in [-0.3, -0.25) is 9.59 Å². The number of benzene rings is 2. The summed E-state index contributed by atoms with van der Waals surface area (Å²) in [5.74, 6) is 0.625. The zero-order valence-corrected chi connectivity index (χ0v) is 14.9. The minimum absolute atomic E-state index is 0.0252. The van der Waals surface area contributed by atoms with Gasteiger partial charge in [-0.2, -0.15) is 0 Å². The zero-order valence-electron chi connectivity index (χ0n) is 14.9. The van der Waals surface area contributed by atoms with Crippen LogP contribution >= 0.6 is 0 Å². The Hall–Kier alpha value is -2.62. The molecule has 4 heteroatoms. The van der Waals surface area contributed by atoms with Gasteiger partial charge in [0.15, 0.2) is 0 Å². The Balaban J connectivity index is 1.35. The van der Waals surface area contributed by atoms with Gasteiger partial charge in [0.2, 0.25) is 5.91 Å². The van der Waals surface area contributed by atoms with Crippen molar-refractivity contribution in [3.05, 3.63) is 71.8 Å². The molecule has 4 nitrogen and oxygen atoms in total. The van der Waals surface area contributed by atoms with E-state index in [9.17, 15) is 9.59 Å². The molecule has 0 radical (unpaired) electrons. The molecule has 2 aromatic rings. The Morgan fingerprint density at radius 3 is 2.27 bits per heavy atom. The van der Waals surface area contributed by atoms with Crippen molar-refractivity contribution in [2.45, 2.75) is 25.3 Å². The van der Waals surface area contributed by atoms with Gasteiger partial charge in [0.25, 0.3) is 5.91 Å². The van der Waals surface area contributed by atoms with E-state index >= 15 is 0 Å². The van der Waals surface area contributed by atoms with Crippen LogP contribution in [0.4, 0.5) is 0 Å². The highest BCUT2D eigenvalue weighted by molar-refractivity contribution is 5.98. The number of carbonyl (C=O) groups excluding carboxylic acids is 2. The van der Waals surface area contributed by atoms with Crippen molar-refractivity contribution in [3.63, 3.8) is 0 Å². The minimum atomic E-state index is -0.291. The lowest BCUT2D eigenvalue weighted by molar-refractivity contribution is -0.141. The largest absolute Gasteiger partial charge is 0.340 e. The highest BCUT2D eigenvalue weighted by atomic mass is 16.2. The molecule has 2 heterocycles. The van der Waals surface area contributed by atoms with E-state index in [2.05, 4.69) is 24.3 Å². The summed E-state index contributed by atoms with van der Waals surface area (Å²) >= 11 is 0. The van der Waals surface area contributed by atoms with Gasteiger partial charge in [0.05, 0.1) is 0 Å². The summed E-state index contributed by atoms with van der Waals surface area (Å²) in [6, 6.07) is 19.4. The average Bonchev–Trinajstić information content (AvgIpc) is 3.14. The average molecular weight is 348 g/mol. The van der Waals surface area contributed by atoms with E-state index in [0.717, 1.165) is 32.4 Å². The van der Waals surface area contributed by atoms with E-state index in [-0.39, 0.29) is 17.9 Å². The summed E-state index contributed by atoms with van der Waals surface area (Å²) in [6.07, 6.45) is 2.69. The van der Waals surface area contributed by atoms with Crippen LogP contribution in [0, 0.1) is 5.92 Å². The number of hydrogen-bond donors (Lipinski definition) is 0. The molecule has 0 aromatic heterocycles. The summed E-state index contributed by atoms with van der Waals surface area (Å²) in [4.78, 5) is 29.3. The first-order valence-corrected chi connectivity index (χ1v) is 9.41. The van der Waals surface area contributed by atoms with E-state index in [4.69, 9.17) is 0 Å². The molecule has 4 rings (SSSR count). The SMILES string of the molecule is O=C(C1CCCN1C(=O)c1ccccc1)N1CC(Cc2ccccc2)C1. The molecule has 0 spiro atoms. The Labute approximate surface area is 154 Å². The third-order valence-electron chi connectivity index (χ3n) is 5.46. The van der Waals surface area contributed by atoms with E-state index in [1.54, 1.807) is 4.90 Å². The van der Waals surface area contributed by atoms with Crippen molar-refractivity contribution < 1.29 is 9.59 Å². The Morgan fingerprint density at radius 2 is 1.58 bits per heavy atom. The second kappa shape index (κ2) is 7.32. The van der Waals surface area contributed by atoms with Crippen molar-refractivity contribution in [3.8, 4) is 0 Å². The first-order valence-electron chi connectivity index (χ1n) is 9.41. The number of likely N-dealkylation sites (tertiary alicyclic amines) is 2. The van der Waals surface area contributed by atoms with Crippen LogP contribution in [0.5, 0.6) is 0 Å². The third kappa shape index (κ3) is 3.36. The number of hydrogen-bond acceptors (Lipinski definition) is 2. The highest BCUT2D eigenvalue weighted by Gasteiger charge is 2.40. The molecule has 2 aliphatic heterocycles. The van der Waals surface area contributed by atoms with Gasteiger partial charge in [0.1, 0.15) is 6.04 Å². The lowest BCUT2D eigenvalue weighted by Crippen LogP contribution is -2.56. The van der Waals surface area contributed by atoms with Gasteiger partial charge < -0.3 is 9.80 Å². The molecule has 0 saturated carbocycles. The molecule has 1 atom stereocenters. The quantitative estimate of drug-likeness (QED) is 0.852. The molecule has 26 heavy (non-hydrogen) atoms. The minimum Gasteiger partial charge on any atom is -0.340 e. The van der Waals surface area contributed by atoms with Gasteiger partial charge in [-0.25, -0.2) is 0 Å². The van der Waals surface area contributed by atoms with Gasteiger partial charge >= 0.3 is 0 Å². The summed E-state index contributed by atoms with van der Waals surface area (Å²) < 4.78 is 0. The fraction of sp³-hybridized carbons (Fsp3) is 0.364. The van der Waals surface area contributed by atoms with Crippen molar-refractivity contribution >= 4 is 11.8 Å². The summed E-state index contributed by atoms with van der Waals surface area (Å²) in [6.45, 7) is 2.28. The van der Waals surface area contributed by atoms with E-state index < -0.39 is 0 Å². The van der Waals surface area contributed by atoms with E-state index in [1.807, 2.05) is 41.3 Å². The van der Waals surface area contributed by atoms with E-state index in [0.29, 0.717) is 18.0 Å². The van der Waals surface area contributed by atoms with E-state index in [1.165, 1.54) is 5.56 Å². The molecule has 0 bridgehead atoms. The lowest BCUT2D eigenvalue weighted by Gasteiger charge is -2.42. The predicted molar refractivity (Wildman–Crippen MR) is 101 cm³/mol. The van der Waals surface area contributed by atoms with Crippen LogP contribution in [-0.4, -0.2) is 47.3 Å². The maximum Gasteiger partial charge on any atom is 0.254 e. The highest BCUT2D eigenvalue weighted by Crippen LogP contribution is 2.27. The predicted octanol–water partition coefficient (Wildman–Crippen LogP) is 2.99. The first kappa shape index (κ1) is 16.8. The normalized spacial score (nSPS) is 20.1. The van der Waals surface area contributed by atoms with Crippen LogP contribution in [0.1, 0.15) is 28.8 Å². The first-order chi connectivity index (χ1) is 12.7. The summed E-state index contributed by atoms with van der Waals surface area (Å²) in [7, 11) is 0. The molecular weight excluding hydrogens is 324 g/mol. The number of amides is 2. The molecule has 2 aliphatic rings. The number of nitrogens with zero attached hydrogens (tertiary/aromatic N) is 2. The Bertz CT molecular complexity index is 769. The summed E-state index contributed by atoms with van der Waals surface area (Å²) in [5, 5.41) is 0. The second-order valence-electron chi connectivity index (χ2n) is 7.32.